The van der Waals surface area contributed by atoms with E-state index in [0.717, 1.165) is 33.0 Å². The average molecular weight is 364 g/mol. The molecule has 1 aliphatic heterocycles. The van der Waals surface area contributed by atoms with Crippen molar-refractivity contribution in [3.05, 3.63) is 47.1 Å². The number of thiophene rings is 1. The number of fused-ring (bicyclic) bond motifs is 4. The molecule has 0 saturated carbocycles. The SMILES string of the molecule is CN(C)c1ccnc2sc3c(=O)n(-c4ccc5c(c4)NCN5)cnc3c12. The Labute approximate surface area is 152 Å². The molecule has 8 heteroatoms. The lowest BCUT2D eigenvalue weighted by Gasteiger charge is -2.13. The molecular formula is C18H16N6OS. The van der Waals surface area contributed by atoms with Crippen LogP contribution in [-0.4, -0.2) is 35.3 Å². The zero-order valence-electron chi connectivity index (χ0n) is 14.3. The lowest BCUT2D eigenvalue weighted by Crippen LogP contribution is -2.17. The molecule has 4 heterocycles. The van der Waals surface area contributed by atoms with E-state index in [1.165, 1.54) is 11.3 Å². The third kappa shape index (κ3) is 2.08. The number of hydrogen-bond donors (Lipinski definition) is 2. The zero-order chi connectivity index (χ0) is 17.8. The molecule has 26 heavy (non-hydrogen) atoms. The molecule has 130 valence electrons. The molecule has 7 nitrogen and oxygen atoms in total. The normalized spacial score (nSPS) is 12.8. The van der Waals surface area contributed by atoms with E-state index in [4.69, 9.17) is 0 Å². The Bertz CT molecular complexity index is 1230. The van der Waals surface area contributed by atoms with Crippen LogP contribution in [0.4, 0.5) is 17.1 Å². The first-order chi connectivity index (χ1) is 12.6. The van der Waals surface area contributed by atoms with Crippen LogP contribution in [0.3, 0.4) is 0 Å². The number of hydrogen-bond acceptors (Lipinski definition) is 7. The molecule has 3 aromatic heterocycles. The average Bonchev–Trinajstić information content (AvgIpc) is 3.25. The molecule has 2 N–H and O–H groups in total. The molecule has 1 aromatic carbocycles. The minimum atomic E-state index is -0.0754. The van der Waals surface area contributed by atoms with Crippen LogP contribution in [0.25, 0.3) is 26.1 Å². The van der Waals surface area contributed by atoms with Crippen molar-refractivity contribution in [3.63, 3.8) is 0 Å². The molecule has 0 unspecified atom stereocenters. The van der Waals surface area contributed by atoms with Gasteiger partial charge in [0.05, 0.1) is 40.3 Å². The second-order valence-corrected chi connectivity index (χ2v) is 7.36. The highest BCUT2D eigenvalue weighted by Crippen LogP contribution is 2.35. The molecule has 0 saturated heterocycles. The number of nitrogens with zero attached hydrogens (tertiary/aromatic N) is 4. The summed E-state index contributed by atoms with van der Waals surface area (Å²) in [6, 6.07) is 7.80. The van der Waals surface area contributed by atoms with Crippen molar-refractivity contribution < 1.29 is 0 Å². The summed E-state index contributed by atoms with van der Waals surface area (Å²) in [5.41, 5.74) is 4.47. The van der Waals surface area contributed by atoms with Gasteiger partial charge in [-0.05, 0) is 24.3 Å². The highest BCUT2D eigenvalue weighted by Gasteiger charge is 2.17. The fourth-order valence-electron chi connectivity index (χ4n) is 3.31. The van der Waals surface area contributed by atoms with Crippen molar-refractivity contribution in [2.75, 3.05) is 36.3 Å². The van der Waals surface area contributed by atoms with Gasteiger partial charge in [0.2, 0.25) is 0 Å². The second-order valence-electron chi connectivity index (χ2n) is 6.36. The number of pyridine rings is 1. The van der Waals surface area contributed by atoms with E-state index in [0.29, 0.717) is 16.9 Å². The van der Waals surface area contributed by atoms with Crippen LogP contribution >= 0.6 is 11.3 Å². The second kappa shape index (κ2) is 5.43. The summed E-state index contributed by atoms with van der Waals surface area (Å²) >= 11 is 1.39. The van der Waals surface area contributed by atoms with Gasteiger partial charge < -0.3 is 15.5 Å². The van der Waals surface area contributed by atoms with Gasteiger partial charge in [-0.2, -0.15) is 0 Å². The van der Waals surface area contributed by atoms with Crippen LogP contribution in [0.15, 0.2) is 41.6 Å². The van der Waals surface area contributed by atoms with Crippen molar-refractivity contribution in [3.8, 4) is 5.69 Å². The highest BCUT2D eigenvalue weighted by atomic mass is 32.1. The number of nitrogens with one attached hydrogen (secondary N) is 2. The van der Waals surface area contributed by atoms with E-state index < -0.39 is 0 Å². The Hall–Kier alpha value is -3.13. The summed E-state index contributed by atoms with van der Waals surface area (Å²) in [7, 11) is 3.95. The largest absolute Gasteiger partial charge is 0.377 e. The van der Waals surface area contributed by atoms with Crippen LogP contribution in [0, 0.1) is 0 Å². The minimum Gasteiger partial charge on any atom is -0.377 e. The first-order valence-electron chi connectivity index (χ1n) is 8.22. The van der Waals surface area contributed by atoms with Gasteiger partial charge in [0.1, 0.15) is 15.9 Å². The van der Waals surface area contributed by atoms with Crippen LogP contribution in [-0.2, 0) is 0 Å². The first kappa shape index (κ1) is 15.2. The standard InChI is InChI=1S/C18H16N6OS/c1-23(2)13-5-6-19-17-14(13)15-16(26-17)18(25)24(9-22-15)10-3-4-11-12(7-10)21-8-20-11/h3-7,9,20-21H,8H2,1-2H3. The topological polar surface area (TPSA) is 75.1 Å². The maximum absolute atomic E-state index is 13.1. The van der Waals surface area contributed by atoms with E-state index in [-0.39, 0.29) is 5.56 Å². The number of anilines is 3. The lowest BCUT2D eigenvalue weighted by atomic mass is 10.2. The van der Waals surface area contributed by atoms with Gasteiger partial charge in [0.15, 0.2) is 0 Å². The summed E-state index contributed by atoms with van der Waals surface area (Å²) in [6.45, 7) is 0.695. The summed E-state index contributed by atoms with van der Waals surface area (Å²) in [5, 5.41) is 7.41. The fourth-order valence-corrected chi connectivity index (χ4v) is 4.36. The van der Waals surface area contributed by atoms with Gasteiger partial charge in [0, 0.05) is 20.3 Å². The van der Waals surface area contributed by atoms with E-state index in [1.807, 2.05) is 43.3 Å². The van der Waals surface area contributed by atoms with Crippen LogP contribution < -0.4 is 21.1 Å². The summed E-state index contributed by atoms with van der Waals surface area (Å²) in [6.07, 6.45) is 3.37. The molecule has 0 bridgehead atoms. The summed E-state index contributed by atoms with van der Waals surface area (Å²) < 4.78 is 2.21. The molecule has 0 amide bonds. The van der Waals surface area contributed by atoms with Crippen LogP contribution in [0.1, 0.15) is 0 Å². The van der Waals surface area contributed by atoms with E-state index in [2.05, 4.69) is 20.6 Å². The van der Waals surface area contributed by atoms with Crippen LogP contribution in [0.5, 0.6) is 0 Å². The molecule has 5 rings (SSSR count). The molecule has 1 aliphatic rings. The predicted octanol–water partition coefficient (Wildman–Crippen LogP) is 2.86. The first-order valence-corrected chi connectivity index (χ1v) is 9.03. The molecule has 0 atom stereocenters. The third-order valence-corrected chi connectivity index (χ3v) is 5.66. The fraction of sp³-hybridized carbons (Fsp3) is 0.167. The Morgan fingerprint density at radius 3 is 2.85 bits per heavy atom. The van der Waals surface area contributed by atoms with Crippen molar-refractivity contribution in [2.24, 2.45) is 0 Å². The molecule has 4 aromatic rings. The zero-order valence-corrected chi connectivity index (χ0v) is 15.1. The van der Waals surface area contributed by atoms with Gasteiger partial charge >= 0.3 is 0 Å². The predicted molar refractivity (Wildman–Crippen MR) is 107 cm³/mol. The molecule has 0 spiro atoms. The Morgan fingerprint density at radius 1 is 1.15 bits per heavy atom. The van der Waals surface area contributed by atoms with Gasteiger partial charge in [-0.25, -0.2) is 9.97 Å². The molecule has 0 aliphatic carbocycles. The maximum Gasteiger partial charge on any atom is 0.275 e. The Kier molecular flexibility index (Phi) is 3.17. The van der Waals surface area contributed by atoms with E-state index in [9.17, 15) is 4.79 Å². The summed E-state index contributed by atoms with van der Waals surface area (Å²) in [4.78, 5) is 25.0. The highest BCUT2D eigenvalue weighted by molar-refractivity contribution is 7.25. The Balaban J connectivity index is 1.77. The van der Waals surface area contributed by atoms with Crippen molar-refractivity contribution in [1.82, 2.24) is 14.5 Å². The van der Waals surface area contributed by atoms with Gasteiger partial charge in [-0.1, -0.05) is 0 Å². The number of aromatic nitrogens is 3. The summed E-state index contributed by atoms with van der Waals surface area (Å²) in [5.74, 6) is 0. The smallest absolute Gasteiger partial charge is 0.275 e. The number of benzene rings is 1. The van der Waals surface area contributed by atoms with E-state index >= 15 is 0 Å². The monoisotopic (exact) mass is 364 g/mol. The van der Waals surface area contributed by atoms with Crippen LogP contribution in [0.2, 0.25) is 0 Å². The van der Waals surface area contributed by atoms with Gasteiger partial charge in [-0.3, -0.25) is 9.36 Å². The Morgan fingerprint density at radius 2 is 2.00 bits per heavy atom. The van der Waals surface area contributed by atoms with Crippen molar-refractivity contribution >= 4 is 48.8 Å². The minimum absolute atomic E-state index is 0.0754. The molecular weight excluding hydrogens is 348 g/mol. The molecule has 0 radical (unpaired) electrons. The lowest BCUT2D eigenvalue weighted by molar-refractivity contribution is 0.968. The quantitative estimate of drug-likeness (QED) is 0.570. The van der Waals surface area contributed by atoms with Gasteiger partial charge in [0.25, 0.3) is 5.56 Å². The third-order valence-electron chi connectivity index (χ3n) is 4.58. The molecule has 0 fully saturated rings. The number of rotatable bonds is 2. The van der Waals surface area contributed by atoms with Gasteiger partial charge in [-0.15, -0.1) is 11.3 Å². The van der Waals surface area contributed by atoms with Crippen molar-refractivity contribution in [2.45, 2.75) is 0 Å². The van der Waals surface area contributed by atoms with Crippen molar-refractivity contribution in [1.29, 1.82) is 0 Å². The van der Waals surface area contributed by atoms with E-state index in [1.54, 1.807) is 17.1 Å². The maximum atomic E-state index is 13.1.